The molecule has 4 rings (SSSR count). The normalized spacial score (nSPS) is 12.3. The molecular formula is C24H29N5O3S. The molecule has 174 valence electrons. The lowest BCUT2D eigenvalue weighted by atomic mass is 10.1. The van der Waals surface area contributed by atoms with Gasteiger partial charge in [0, 0.05) is 43.3 Å². The molecule has 2 aromatic carbocycles. The van der Waals surface area contributed by atoms with Gasteiger partial charge in [0.2, 0.25) is 21.7 Å². The summed E-state index contributed by atoms with van der Waals surface area (Å²) < 4.78 is 30.8. The summed E-state index contributed by atoms with van der Waals surface area (Å²) in [6.45, 7) is 0.990. The third-order valence-corrected chi connectivity index (χ3v) is 7.41. The van der Waals surface area contributed by atoms with E-state index in [0.717, 1.165) is 29.6 Å². The van der Waals surface area contributed by atoms with E-state index in [2.05, 4.69) is 58.5 Å². The predicted molar refractivity (Wildman–Crippen MR) is 129 cm³/mol. The number of likely N-dealkylation sites (N-methyl/N-ethyl adjacent to an activating group) is 1. The van der Waals surface area contributed by atoms with Crippen LogP contribution in [0.25, 0.3) is 22.3 Å². The molecule has 4 aromatic rings. The second-order valence-corrected chi connectivity index (χ2v) is 10.9. The maximum Gasteiger partial charge on any atom is 0.231 e. The van der Waals surface area contributed by atoms with E-state index in [0.29, 0.717) is 23.7 Å². The van der Waals surface area contributed by atoms with E-state index in [4.69, 9.17) is 4.52 Å². The summed E-state index contributed by atoms with van der Waals surface area (Å²) in [5.41, 5.74) is 5.01. The Balaban J connectivity index is 1.47. The van der Waals surface area contributed by atoms with Crippen molar-refractivity contribution in [2.45, 2.75) is 18.6 Å². The predicted octanol–water partition coefficient (Wildman–Crippen LogP) is 3.30. The average Bonchev–Trinajstić information content (AvgIpc) is 3.39. The average molecular weight is 468 g/mol. The smallest absolute Gasteiger partial charge is 0.231 e. The number of nitrogens with zero attached hydrogens (tertiary/aromatic N) is 4. The van der Waals surface area contributed by atoms with E-state index in [-0.39, 0.29) is 5.75 Å². The Labute approximate surface area is 194 Å². The van der Waals surface area contributed by atoms with Crippen molar-refractivity contribution in [3.05, 3.63) is 71.2 Å². The van der Waals surface area contributed by atoms with Crippen molar-refractivity contribution in [3.63, 3.8) is 0 Å². The highest BCUT2D eigenvalue weighted by molar-refractivity contribution is 7.88. The number of hydrogen-bond acceptors (Lipinski definition) is 6. The molecule has 0 bridgehead atoms. The number of aromatic nitrogens is 3. The number of hydrogen-bond donors (Lipinski definition) is 1. The minimum atomic E-state index is -3.30. The molecule has 8 nitrogen and oxygen atoms in total. The fraction of sp³-hybridized carbons (Fsp3) is 0.333. The molecule has 0 aliphatic rings. The summed E-state index contributed by atoms with van der Waals surface area (Å²) in [6.07, 6.45) is 3.60. The molecule has 1 N–H and O–H groups in total. The van der Waals surface area contributed by atoms with Gasteiger partial charge in [0.25, 0.3) is 0 Å². The van der Waals surface area contributed by atoms with E-state index in [1.807, 2.05) is 12.1 Å². The van der Waals surface area contributed by atoms with Crippen LogP contribution in [0.1, 0.15) is 22.6 Å². The Morgan fingerprint density at radius 3 is 2.42 bits per heavy atom. The number of benzene rings is 2. The van der Waals surface area contributed by atoms with Crippen LogP contribution >= 0.6 is 0 Å². The quantitative estimate of drug-likeness (QED) is 0.406. The number of H-pyrrole nitrogens is 1. The second kappa shape index (κ2) is 9.46. The fourth-order valence-electron chi connectivity index (χ4n) is 3.59. The molecule has 0 aliphatic heterocycles. The lowest BCUT2D eigenvalue weighted by Crippen LogP contribution is -2.23. The zero-order valence-electron chi connectivity index (χ0n) is 19.4. The zero-order valence-corrected chi connectivity index (χ0v) is 20.2. The number of nitrogens with one attached hydrogen (secondary N) is 1. The Morgan fingerprint density at radius 1 is 1.00 bits per heavy atom. The molecular weight excluding hydrogens is 438 g/mol. The van der Waals surface area contributed by atoms with Crippen LogP contribution in [0.5, 0.6) is 0 Å². The van der Waals surface area contributed by atoms with Gasteiger partial charge in [-0.3, -0.25) is 0 Å². The van der Waals surface area contributed by atoms with Gasteiger partial charge in [0.1, 0.15) is 0 Å². The van der Waals surface area contributed by atoms with E-state index in [1.165, 1.54) is 29.4 Å². The van der Waals surface area contributed by atoms with Crippen LogP contribution in [0.15, 0.2) is 53.2 Å². The summed E-state index contributed by atoms with van der Waals surface area (Å²) >= 11 is 0. The van der Waals surface area contributed by atoms with Gasteiger partial charge in [-0.05, 0) is 49.3 Å². The van der Waals surface area contributed by atoms with Gasteiger partial charge in [0.05, 0.1) is 12.2 Å². The monoisotopic (exact) mass is 467 g/mol. The lowest BCUT2D eigenvalue weighted by Gasteiger charge is -2.11. The van der Waals surface area contributed by atoms with Gasteiger partial charge >= 0.3 is 0 Å². The summed E-state index contributed by atoms with van der Waals surface area (Å²) in [7, 11) is 3.91. The van der Waals surface area contributed by atoms with Gasteiger partial charge in [0.15, 0.2) is 0 Å². The van der Waals surface area contributed by atoms with Crippen molar-refractivity contribution in [3.8, 4) is 11.4 Å². The molecule has 0 spiro atoms. The molecule has 33 heavy (non-hydrogen) atoms. The Hall–Kier alpha value is -3.01. The molecule has 0 fully saturated rings. The van der Waals surface area contributed by atoms with Crippen LogP contribution in [0, 0.1) is 0 Å². The largest absolute Gasteiger partial charge is 0.361 e. The Morgan fingerprint density at radius 2 is 1.73 bits per heavy atom. The molecule has 9 heteroatoms. The minimum absolute atomic E-state index is 0.0457. The first-order chi connectivity index (χ1) is 15.7. The first-order valence-corrected chi connectivity index (χ1v) is 12.4. The first kappa shape index (κ1) is 23.2. The minimum Gasteiger partial charge on any atom is -0.361 e. The van der Waals surface area contributed by atoms with Gasteiger partial charge in [-0.25, -0.2) is 12.7 Å². The fourth-order valence-corrected chi connectivity index (χ4v) is 4.47. The van der Waals surface area contributed by atoms with Crippen molar-refractivity contribution in [1.82, 2.24) is 24.3 Å². The number of aromatic amines is 1. The molecule has 0 amide bonds. The summed E-state index contributed by atoms with van der Waals surface area (Å²) in [6, 6.07) is 13.5. The maximum absolute atomic E-state index is 12.1. The molecule has 2 aromatic heterocycles. The number of sulfonamides is 1. The van der Waals surface area contributed by atoms with Gasteiger partial charge in [-0.2, -0.15) is 4.98 Å². The number of rotatable bonds is 9. The van der Waals surface area contributed by atoms with E-state index >= 15 is 0 Å². The van der Waals surface area contributed by atoms with Crippen LogP contribution in [0.3, 0.4) is 0 Å². The number of fused-ring (bicyclic) bond motifs is 1. The molecule has 0 saturated carbocycles. The maximum atomic E-state index is 12.1. The molecule has 0 radical (unpaired) electrons. The van der Waals surface area contributed by atoms with Crippen LogP contribution < -0.4 is 0 Å². The summed E-state index contributed by atoms with van der Waals surface area (Å²) in [4.78, 5) is 10.1. The highest BCUT2D eigenvalue weighted by Gasteiger charge is 2.15. The molecule has 0 saturated heterocycles. The van der Waals surface area contributed by atoms with E-state index < -0.39 is 10.0 Å². The lowest BCUT2D eigenvalue weighted by molar-refractivity contribution is 0.386. The topological polar surface area (TPSA) is 95.3 Å². The van der Waals surface area contributed by atoms with Crippen molar-refractivity contribution in [1.29, 1.82) is 0 Å². The first-order valence-electron chi connectivity index (χ1n) is 10.8. The highest BCUT2D eigenvalue weighted by atomic mass is 32.2. The Kier molecular flexibility index (Phi) is 6.64. The second-order valence-electron chi connectivity index (χ2n) is 8.67. The van der Waals surface area contributed by atoms with Gasteiger partial charge in [-0.15, -0.1) is 0 Å². The summed E-state index contributed by atoms with van der Waals surface area (Å²) in [5.74, 6) is 0.978. The zero-order chi connectivity index (χ0) is 23.6. The van der Waals surface area contributed by atoms with E-state index in [9.17, 15) is 8.42 Å². The molecule has 0 atom stereocenters. The van der Waals surface area contributed by atoms with Gasteiger partial charge in [-0.1, -0.05) is 35.5 Å². The van der Waals surface area contributed by atoms with Crippen LogP contribution in [0.4, 0.5) is 0 Å². The van der Waals surface area contributed by atoms with Crippen molar-refractivity contribution in [2.75, 3.05) is 34.7 Å². The highest BCUT2D eigenvalue weighted by Crippen LogP contribution is 2.23. The van der Waals surface area contributed by atoms with Crippen LogP contribution in [-0.2, 0) is 28.6 Å². The Bertz CT molecular complexity index is 1340. The van der Waals surface area contributed by atoms with E-state index in [1.54, 1.807) is 12.1 Å². The third kappa shape index (κ3) is 5.50. The SMILES string of the molecule is CN(C)CCc1c[nH]c2ccc(Cc3nc(-c4ccc(CS(=O)(=O)N(C)C)cc4)no3)cc12. The third-order valence-electron chi connectivity index (χ3n) is 5.60. The van der Waals surface area contributed by atoms with Gasteiger partial charge < -0.3 is 14.4 Å². The van der Waals surface area contributed by atoms with Crippen LogP contribution in [0.2, 0.25) is 0 Å². The van der Waals surface area contributed by atoms with Crippen molar-refractivity contribution >= 4 is 20.9 Å². The van der Waals surface area contributed by atoms with Crippen LogP contribution in [-0.4, -0.2) is 67.5 Å². The van der Waals surface area contributed by atoms with Crippen molar-refractivity contribution < 1.29 is 12.9 Å². The standard InChI is InChI=1S/C24H29N5O3S/c1-28(2)12-11-20-15-25-22-10-7-18(13-21(20)22)14-23-26-24(27-32-23)19-8-5-17(6-9-19)16-33(30,31)29(3)4/h5-10,13,15,25H,11-12,14,16H2,1-4H3. The van der Waals surface area contributed by atoms with Crippen molar-refractivity contribution in [2.24, 2.45) is 0 Å². The molecule has 2 heterocycles. The molecule has 0 unspecified atom stereocenters. The molecule has 0 aliphatic carbocycles. The summed E-state index contributed by atoms with van der Waals surface area (Å²) in [5, 5.41) is 5.33.